The van der Waals surface area contributed by atoms with Crippen LogP contribution >= 0.6 is 0 Å². The van der Waals surface area contributed by atoms with Crippen molar-refractivity contribution in [2.45, 2.75) is 26.7 Å². The van der Waals surface area contributed by atoms with Gasteiger partial charge in [0.1, 0.15) is 0 Å². The van der Waals surface area contributed by atoms with Gasteiger partial charge in [0.25, 0.3) is 0 Å². The lowest BCUT2D eigenvalue weighted by Crippen LogP contribution is -2.18. The SMILES string of the molecule is C=C(/C=C1/C=CCN/C1=C/C)C1(/C(C)=C/N)CC1. The Balaban J connectivity index is 2.26. The summed E-state index contributed by atoms with van der Waals surface area (Å²) in [6, 6.07) is 0. The molecule has 0 aromatic rings. The second-order valence-electron chi connectivity index (χ2n) is 5.04. The van der Waals surface area contributed by atoms with Gasteiger partial charge in [0.05, 0.1) is 0 Å². The molecule has 96 valence electrons. The Hall–Kier alpha value is -1.70. The van der Waals surface area contributed by atoms with E-state index in [0.29, 0.717) is 0 Å². The quantitative estimate of drug-likeness (QED) is 0.797. The minimum atomic E-state index is 0.131. The first-order chi connectivity index (χ1) is 8.64. The van der Waals surface area contributed by atoms with E-state index in [2.05, 4.69) is 50.0 Å². The van der Waals surface area contributed by atoms with Gasteiger partial charge in [-0.3, -0.25) is 0 Å². The standard InChI is InChI=1S/C16H22N2/c1-4-15-14(6-5-9-18-15)10-12(2)16(7-8-16)13(3)11-17/h4-6,10-11,18H,2,7-9,17H2,1,3H3/b13-11+,14-10-,15-4+. The van der Waals surface area contributed by atoms with Gasteiger partial charge in [-0.1, -0.05) is 24.8 Å². The molecule has 0 radical (unpaired) electrons. The summed E-state index contributed by atoms with van der Waals surface area (Å²) in [6.45, 7) is 9.31. The maximum absolute atomic E-state index is 5.66. The van der Waals surface area contributed by atoms with Crippen molar-refractivity contribution in [2.24, 2.45) is 11.1 Å². The lowest BCUT2D eigenvalue weighted by atomic mass is 9.88. The van der Waals surface area contributed by atoms with Gasteiger partial charge < -0.3 is 11.1 Å². The monoisotopic (exact) mass is 242 g/mol. The van der Waals surface area contributed by atoms with Crippen LogP contribution in [-0.4, -0.2) is 6.54 Å². The van der Waals surface area contributed by atoms with Crippen molar-refractivity contribution in [3.05, 3.63) is 59.5 Å². The van der Waals surface area contributed by atoms with E-state index >= 15 is 0 Å². The fourth-order valence-corrected chi connectivity index (χ4v) is 2.52. The van der Waals surface area contributed by atoms with E-state index in [4.69, 9.17) is 5.73 Å². The molecule has 0 bridgehead atoms. The van der Waals surface area contributed by atoms with Gasteiger partial charge in [-0.25, -0.2) is 0 Å². The summed E-state index contributed by atoms with van der Waals surface area (Å²) in [5, 5.41) is 3.36. The highest BCUT2D eigenvalue weighted by atomic mass is 14.9. The molecule has 0 saturated heterocycles. The van der Waals surface area contributed by atoms with Crippen molar-refractivity contribution >= 4 is 0 Å². The second kappa shape index (κ2) is 4.89. The highest BCUT2D eigenvalue weighted by Gasteiger charge is 2.45. The van der Waals surface area contributed by atoms with Crippen LogP contribution in [0.3, 0.4) is 0 Å². The molecular weight excluding hydrogens is 220 g/mol. The average molecular weight is 242 g/mol. The zero-order chi connectivity index (χ0) is 13.2. The number of rotatable bonds is 3. The van der Waals surface area contributed by atoms with E-state index in [1.807, 2.05) is 0 Å². The van der Waals surface area contributed by atoms with Crippen LogP contribution in [-0.2, 0) is 0 Å². The van der Waals surface area contributed by atoms with Crippen LogP contribution in [0.5, 0.6) is 0 Å². The molecule has 18 heavy (non-hydrogen) atoms. The zero-order valence-corrected chi connectivity index (χ0v) is 11.3. The Morgan fingerprint density at radius 3 is 2.78 bits per heavy atom. The van der Waals surface area contributed by atoms with Crippen LogP contribution in [0.1, 0.15) is 26.7 Å². The van der Waals surface area contributed by atoms with Gasteiger partial charge in [0.2, 0.25) is 0 Å². The highest BCUT2D eigenvalue weighted by molar-refractivity contribution is 5.49. The summed E-state index contributed by atoms with van der Waals surface area (Å²) in [5.74, 6) is 0. The van der Waals surface area contributed by atoms with Crippen LogP contribution in [0.25, 0.3) is 0 Å². The molecule has 1 aliphatic heterocycles. The molecule has 1 heterocycles. The van der Waals surface area contributed by atoms with Gasteiger partial charge >= 0.3 is 0 Å². The molecule has 2 heteroatoms. The molecule has 1 fully saturated rings. The summed E-state index contributed by atoms with van der Waals surface area (Å²) in [4.78, 5) is 0. The molecule has 1 aliphatic carbocycles. The Kier molecular flexibility index (Phi) is 3.46. The van der Waals surface area contributed by atoms with E-state index in [1.165, 1.54) is 22.4 Å². The van der Waals surface area contributed by atoms with Gasteiger partial charge in [0, 0.05) is 17.7 Å². The molecule has 3 N–H and O–H groups in total. The summed E-state index contributed by atoms with van der Waals surface area (Å²) in [5.41, 5.74) is 10.6. The van der Waals surface area contributed by atoms with Gasteiger partial charge in [-0.05, 0) is 55.7 Å². The van der Waals surface area contributed by atoms with Gasteiger partial charge in [-0.2, -0.15) is 0 Å². The molecule has 0 aromatic heterocycles. The normalized spacial score (nSPS) is 26.2. The van der Waals surface area contributed by atoms with Crippen LogP contribution in [0.4, 0.5) is 0 Å². The molecule has 2 nitrogen and oxygen atoms in total. The Morgan fingerprint density at radius 1 is 1.50 bits per heavy atom. The summed E-state index contributed by atoms with van der Waals surface area (Å²) < 4.78 is 0. The molecule has 0 spiro atoms. The minimum Gasteiger partial charge on any atom is -0.405 e. The van der Waals surface area contributed by atoms with E-state index in [0.717, 1.165) is 19.4 Å². The van der Waals surface area contributed by atoms with Crippen molar-refractivity contribution in [2.75, 3.05) is 6.54 Å². The summed E-state index contributed by atoms with van der Waals surface area (Å²) in [7, 11) is 0. The highest BCUT2D eigenvalue weighted by Crippen LogP contribution is 2.57. The molecule has 0 unspecified atom stereocenters. The van der Waals surface area contributed by atoms with Crippen LogP contribution < -0.4 is 11.1 Å². The van der Waals surface area contributed by atoms with E-state index < -0.39 is 0 Å². The molecule has 1 saturated carbocycles. The van der Waals surface area contributed by atoms with Gasteiger partial charge in [-0.15, -0.1) is 0 Å². The number of allylic oxidation sites excluding steroid dienone is 5. The molecule has 0 atom stereocenters. The lowest BCUT2D eigenvalue weighted by molar-refractivity contribution is 0.743. The predicted molar refractivity (Wildman–Crippen MR) is 77.7 cm³/mol. The predicted octanol–water partition coefficient (Wildman–Crippen LogP) is 3.17. The molecule has 2 aliphatic rings. The lowest BCUT2D eigenvalue weighted by Gasteiger charge is -2.20. The average Bonchev–Trinajstić information content (AvgIpc) is 3.20. The Labute approximate surface area is 110 Å². The first kappa shape index (κ1) is 12.7. The van der Waals surface area contributed by atoms with E-state index in [9.17, 15) is 0 Å². The zero-order valence-electron chi connectivity index (χ0n) is 11.3. The largest absolute Gasteiger partial charge is 0.405 e. The minimum absolute atomic E-state index is 0.131. The third-order valence-corrected chi connectivity index (χ3v) is 4.01. The van der Waals surface area contributed by atoms with E-state index in [1.54, 1.807) is 6.20 Å². The topological polar surface area (TPSA) is 38.0 Å². The number of hydrogen-bond donors (Lipinski definition) is 2. The molecule has 2 rings (SSSR count). The third kappa shape index (κ3) is 2.15. The molecule has 0 amide bonds. The number of nitrogens with two attached hydrogens (primary N) is 1. The van der Waals surface area contributed by atoms with Crippen molar-refractivity contribution in [1.29, 1.82) is 0 Å². The Bertz CT molecular complexity index is 471. The maximum Gasteiger partial charge on any atom is 0.0372 e. The van der Waals surface area contributed by atoms with Crippen LogP contribution in [0.15, 0.2) is 59.5 Å². The van der Waals surface area contributed by atoms with Crippen molar-refractivity contribution < 1.29 is 0 Å². The maximum atomic E-state index is 5.66. The fourth-order valence-electron chi connectivity index (χ4n) is 2.52. The fraction of sp³-hybridized carbons (Fsp3) is 0.375. The van der Waals surface area contributed by atoms with Gasteiger partial charge in [0.15, 0.2) is 0 Å². The Morgan fingerprint density at radius 2 is 2.22 bits per heavy atom. The molecular formula is C16H22N2. The summed E-state index contributed by atoms with van der Waals surface area (Å²) in [6.07, 6.45) is 12.6. The van der Waals surface area contributed by atoms with Crippen LogP contribution in [0.2, 0.25) is 0 Å². The van der Waals surface area contributed by atoms with Crippen molar-refractivity contribution in [3.8, 4) is 0 Å². The van der Waals surface area contributed by atoms with Crippen molar-refractivity contribution in [3.63, 3.8) is 0 Å². The molecule has 0 aromatic carbocycles. The van der Waals surface area contributed by atoms with E-state index in [-0.39, 0.29) is 5.41 Å². The number of nitrogens with one attached hydrogen (secondary N) is 1. The first-order valence-electron chi connectivity index (χ1n) is 6.51. The van der Waals surface area contributed by atoms with Crippen molar-refractivity contribution in [1.82, 2.24) is 5.32 Å². The smallest absolute Gasteiger partial charge is 0.0372 e. The summed E-state index contributed by atoms with van der Waals surface area (Å²) >= 11 is 0. The van der Waals surface area contributed by atoms with Crippen LogP contribution in [0, 0.1) is 5.41 Å². The first-order valence-corrected chi connectivity index (χ1v) is 6.51. The number of hydrogen-bond acceptors (Lipinski definition) is 2. The third-order valence-electron chi connectivity index (χ3n) is 4.01. The second-order valence-corrected chi connectivity index (χ2v) is 5.04.